The third-order valence-corrected chi connectivity index (χ3v) is 2.83. The van der Waals surface area contributed by atoms with E-state index in [2.05, 4.69) is 15.5 Å². The molecular weight excluding hydrogens is 242 g/mol. The van der Waals surface area contributed by atoms with E-state index in [1.807, 2.05) is 31.2 Å². The van der Waals surface area contributed by atoms with Gasteiger partial charge in [0.15, 0.2) is 0 Å². The van der Waals surface area contributed by atoms with Gasteiger partial charge in [0, 0.05) is 19.3 Å². The molecule has 0 radical (unpaired) electrons. The molecule has 1 aromatic carbocycles. The summed E-state index contributed by atoms with van der Waals surface area (Å²) in [4.78, 5) is 11.9. The van der Waals surface area contributed by atoms with E-state index in [-0.39, 0.29) is 5.91 Å². The summed E-state index contributed by atoms with van der Waals surface area (Å²) in [5, 5.41) is 9.45. The minimum Gasteiger partial charge on any atom is -0.380 e. The van der Waals surface area contributed by atoms with Crippen LogP contribution in [0.5, 0.6) is 0 Å². The van der Waals surface area contributed by atoms with Crippen molar-refractivity contribution in [3.8, 4) is 0 Å². The Hall–Kier alpha value is -2.14. The summed E-state index contributed by atoms with van der Waals surface area (Å²) in [6.07, 6.45) is 1.53. The third kappa shape index (κ3) is 3.42. The fourth-order valence-electron chi connectivity index (χ4n) is 1.85. The number of ether oxygens (including phenoxy) is 1. The highest BCUT2D eigenvalue weighted by molar-refractivity contribution is 5.94. The Morgan fingerprint density at radius 1 is 1.42 bits per heavy atom. The number of carbonyl (C=O) groups excluding carboxylic acids is 1. The van der Waals surface area contributed by atoms with E-state index in [0.29, 0.717) is 18.7 Å². The van der Waals surface area contributed by atoms with Crippen molar-refractivity contribution in [2.45, 2.75) is 20.1 Å². The van der Waals surface area contributed by atoms with Crippen molar-refractivity contribution < 1.29 is 9.53 Å². The standard InChI is InChI=1S/C14H17N3O2/c1-10-13(8-16-17-10)14(18)15-7-11-4-3-5-12(6-11)9-19-2/h3-6,8H,7,9H2,1-2H3,(H,15,18)(H,16,17). The molecule has 0 spiro atoms. The molecule has 2 aromatic rings. The number of hydrogen-bond acceptors (Lipinski definition) is 3. The fourth-order valence-corrected chi connectivity index (χ4v) is 1.85. The van der Waals surface area contributed by atoms with Crippen LogP contribution in [0.3, 0.4) is 0 Å². The summed E-state index contributed by atoms with van der Waals surface area (Å²) < 4.78 is 5.08. The molecule has 0 aliphatic heterocycles. The molecule has 0 saturated carbocycles. The van der Waals surface area contributed by atoms with Crippen molar-refractivity contribution >= 4 is 5.91 Å². The summed E-state index contributed by atoms with van der Waals surface area (Å²) in [7, 11) is 1.66. The molecular formula is C14H17N3O2. The van der Waals surface area contributed by atoms with Crippen LogP contribution in [-0.4, -0.2) is 23.2 Å². The van der Waals surface area contributed by atoms with E-state index < -0.39 is 0 Å². The van der Waals surface area contributed by atoms with Gasteiger partial charge in [-0.15, -0.1) is 0 Å². The largest absolute Gasteiger partial charge is 0.380 e. The average Bonchev–Trinajstić information content (AvgIpc) is 2.83. The van der Waals surface area contributed by atoms with E-state index >= 15 is 0 Å². The molecule has 0 unspecified atom stereocenters. The van der Waals surface area contributed by atoms with Crippen LogP contribution in [0.1, 0.15) is 27.2 Å². The predicted molar refractivity (Wildman–Crippen MR) is 71.6 cm³/mol. The number of aromatic amines is 1. The summed E-state index contributed by atoms with van der Waals surface area (Å²) in [5.74, 6) is -0.122. The summed E-state index contributed by atoms with van der Waals surface area (Å²) >= 11 is 0. The van der Waals surface area contributed by atoms with Gasteiger partial charge in [0.2, 0.25) is 0 Å². The molecule has 1 amide bonds. The van der Waals surface area contributed by atoms with Gasteiger partial charge in [-0.2, -0.15) is 5.10 Å². The van der Waals surface area contributed by atoms with Crippen molar-refractivity contribution in [1.29, 1.82) is 0 Å². The van der Waals surface area contributed by atoms with Gasteiger partial charge in [-0.05, 0) is 18.1 Å². The number of rotatable bonds is 5. The van der Waals surface area contributed by atoms with E-state index in [9.17, 15) is 4.79 Å². The van der Waals surface area contributed by atoms with Crippen molar-refractivity contribution in [1.82, 2.24) is 15.5 Å². The number of carbonyl (C=O) groups is 1. The Balaban J connectivity index is 1.97. The zero-order valence-corrected chi connectivity index (χ0v) is 11.1. The summed E-state index contributed by atoms with van der Waals surface area (Å²) in [6, 6.07) is 7.95. The second kappa shape index (κ2) is 6.15. The molecule has 5 heteroatoms. The third-order valence-electron chi connectivity index (χ3n) is 2.83. The Morgan fingerprint density at radius 2 is 2.21 bits per heavy atom. The molecule has 0 atom stereocenters. The number of aryl methyl sites for hydroxylation is 1. The van der Waals surface area contributed by atoms with Crippen LogP contribution in [0.15, 0.2) is 30.5 Å². The average molecular weight is 259 g/mol. The molecule has 0 saturated heterocycles. The monoisotopic (exact) mass is 259 g/mol. The lowest BCUT2D eigenvalue weighted by atomic mass is 10.1. The first-order chi connectivity index (χ1) is 9.20. The SMILES string of the molecule is COCc1cccc(CNC(=O)c2cn[nH]c2C)c1. The van der Waals surface area contributed by atoms with E-state index in [1.165, 1.54) is 6.20 Å². The number of methoxy groups -OCH3 is 1. The molecule has 2 N–H and O–H groups in total. The number of nitrogens with one attached hydrogen (secondary N) is 2. The van der Waals surface area contributed by atoms with Crippen LogP contribution < -0.4 is 5.32 Å². The molecule has 100 valence electrons. The minimum atomic E-state index is -0.122. The van der Waals surface area contributed by atoms with Gasteiger partial charge in [-0.3, -0.25) is 9.89 Å². The lowest BCUT2D eigenvalue weighted by Gasteiger charge is -2.06. The quantitative estimate of drug-likeness (QED) is 0.860. The topological polar surface area (TPSA) is 67.0 Å². The molecule has 0 aliphatic carbocycles. The molecule has 2 rings (SSSR count). The van der Waals surface area contributed by atoms with Gasteiger partial charge in [0.25, 0.3) is 5.91 Å². The molecule has 19 heavy (non-hydrogen) atoms. The zero-order chi connectivity index (χ0) is 13.7. The highest BCUT2D eigenvalue weighted by Crippen LogP contribution is 2.07. The van der Waals surface area contributed by atoms with Crippen molar-refractivity contribution in [3.63, 3.8) is 0 Å². The summed E-state index contributed by atoms with van der Waals surface area (Å²) in [5.41, 5.74) is 3.48. The maximum absolute atomic E-state index is 11.9. The lowest BCUT2D eigenvalue weighted by molar-refractivity contribution is 0.0950. The first-order valence-corrected chi connectivity index (χ1v) is 6.05. The molecule has 1 aromatic heterocycles. The van der Waals surface area contributed by atoms with Gasteiger partial charge >= 0.3 is 0 Å². The normalized spacial score (nSPS) is 10.4. The summed E-state index contributed by atoms with van der Waals surface area (Å²) in [6.45, 7) is 2.88. The second-order valence-electron chi connectivity index (χ2n) is 4.34. The van der Waals surface area contributed by atoms with Crippen LogP contribution in [0.2, 0.25) is 0 Å². The molecule has 0 fully saturated rings. The van der Waals surface area contributed by atoms with Gasteiger partial charge in [-0.25, -0.2) is 0 Å². The lowest BCUT2D eigenvalue weighted by Crippen LogP contribution is -2.23. The van der Waals surface area contributed by atoms with E-state index in [1.54, 1.807) is 7.11 Å². The number of benzene rings is 1. The molecule has 1 heterocycles. The van der Waals surface area contributed by atoms with Gasteiger partial charge in [0.1, 0.15) is 0 Å². The molecule has 0 aliphatic rings. The van der Waals surface area contributed by atoms with Crippen molar-refractivity contribution in [2.24, 2.45) is 0 Å². The Labute approximate surface area is 112 Å². The predicted octanol–water partition coefficient (Wildman–Crippen LogP) is 1.79. The Kier molecular flexibility index (Phi) is 4.30. The Bertz CT molecular complexity index is 563. The number of hydrogen-bond donors (Lipinski definition) is 2. The maximum Gasteiger partial charge on any atom is 0.255 e. The number of nitrogens with zero attached hydrogens (tertiary/aromatic N) is 1. The minimum absolute atomic E-state index is 0.122. The van der Waals surface area contributed by atoms with Crippen LogP contribution in [-0.2, 0) is 17.9 Å². The maximum atomic E-state index is 11.9. The number of amides is 1. The van der Waals surface area contributed by atoms with E-state index in [4.69, 9.17) is 4.74 Å². The van der Waals surface area contributed by atoms with Crippen LogP contribution in [0, 0.1) is 6.92 Å². The van der Waals surface area contributed by atoms with Crippen LogP contribution in [0.25, 0.3) is 0 Å². The molecule has 0 bridgehead atoms. The van der Waals surface area contributed by atoms with Crippen molar-refractivity contribution in [2.75, 3.05) is 7.11 Å². The van der Waals surface area contributed by atoms with Crippen molar-refractivity contribution in [3.05, 3.63) is 52.8 Å². The first-order valence-electron chi connectivity index (χ1n) is 6.05. The fraction of sp³-hybridized carbons (Fsp3) is 0.286. The highest BCUT2D eigenvalue weighted by atomic mass is 16.5. The zero-order valence-electron chi connectivity index (χ0n) is 11.1. The molecule has 5 nitrogen and oxygen atoms in total. The van der Waals surface area contributed by atoms with Gasteiger partial charge in [0.05, 0.1) is 18.4 Å². The highest BCUT2D eigenvalue weighted by Gasteiger charge is 2.10. The van der Waals surface area contributed by atoms with Crippen LogP contribution >= 0.6 is 0 Å². The van der Waals surface area contributed by atoms with E-state index in [0.717, 1.165) is 16.8 Å². The van der Waals surface area contributed by atoms with Gasteiger partial charge in [-0.1, -0.05) is 24.3 Å². The van der Waals surface area contributed by atoms with Gasteiger partial charge < -0.3 is 10.1 Å². The first kappa shape index (κ1) is 13.3. The number of H-pyrrole nitrogens is 1. The Morgan fingerprint density at radius 3 is 2.89 bits per heavy atom. The van der Waals surface area contributed by atoms with Crippen LogP contribution in [0.4, 0.5) is 0 Å². The number of aromatic nitrogens is 2. The smallest absolute Gasteiger partial charge is 0.255 e. The second-order valence-corrected chi connectivity index (χ2v) is 4.34.